The van der Waals surface area contributed by atoms with Crippen LogP contribution in [0.25, 0.3) is 0 Å². The third kappa shape index (κ3) is 4.23. The van der Waals surface area contributed by atoms with Gasteiger partial charge in [-0.1, -0.05) is 29.8 Å². The van der Waals surface area contributed by atoms with Crippen molar-refractivity contribution in [3.05, 3.63) is 59.1 Å². The van der Waals surface area contributed by atoms with Crippen LogP contribution in [0.15, 0.2) is 48.5 Å². The molecule has 0 fully saturated rings. The minimum absolute atomic E-state index is 0.264. The monoisotopic (exact) mass is 319 g/mol. The average molecular weight is 320 g/mol. The standard InChI is InChI=1S/C16H14ClNO4/c1-21-14-8-3-2-7-13(14)16(20)22-10-15(19)18-12-6-4-5-11(17)9-12/h2-9H,10H2,1H3,(H,18,19). The summed E-state index contributed by atoms with van der Waals surface area (Å²) in [4.78, 5) is 23.7. The van der Waals surface area contributed by atoms with Crippen molar-refractivity contribution >= 4 is 29.2 Å². The van der Waals surface area contributed by atoms with Crippen molar-refractivity contribution in [2.75, 3.05) is 19.0 Å². The Labute approximate surface area is 132 Å². The van der Waals surface area contributed by atoms with Crippen LogP contribution in [-0.4, -0.2) is 25.6 Å². The van der Waals surface area contributed by atoms with Gasteiger partial charge in [-0.25, -0.2) is 4.79 Å². The molecule has 6 heteroatoms. The van der Waals surface area contributed by atoms with Crippen LogP contribution in [0.3, 0.4) is 0 Å². The number of esters is 1. The summed E-state index contributed by atoms with van der Waals surface area (Å²) in [5.74, 6) is -0.688. The molecule has 0 spiro atoms. The maximum absolute atomic E-state index is 11.9. The predicted molar refractivity (Wildman–Crippen MR) is 83.4 cm³/mol. The first kappa shape index (κ1) is 15.9. The topological polar surface area (TPSA) is 64.6 Å². The summed E-state index contributed by atoms with van der Waals surface area (Å²) in [7, 11) is 1.46. The highest BCUT2D eigenvalue weighted by molar-refractivity contribution is 6.30. The largest absolute Gasteiger partial charge is 0.496 e. The number of hydrogen-bond acceptors (Lipinski definition) is 4. The lowest BCUT2D eigenvalue weighted by Gasteiger charge is -2.09. The van der Waals surface area contributed by atoms with Gasteiger partial charge >= 0.3 is 5.97 Å². The molecule has 2 aromatic carbocycles. The number of carbonyl (C=O) groups is 2. The number of halogens is 1. The van der Waals surface area contributed by atoms with Crippen LogP contribution < -0.4 is 10.1 Å². The van der Waals surface area contributed by atoms with Gasteiger partial charge in [-0.05, 0) is 30.3 Å². The first-order valence-corrected chi connectivity index (χ1v) is 6.83. The van der Waals surface area contributed by atoms with Crippen molar-refractivity contribution in [1.29, 1.82) is 0 Å². The molecule has 0 aliphatic heterocycles. The Morgan fingerprint density at radius 1 is 1.14 bits per heavy atom. The highest BCUT2D eigenvalue weighted by Gasteiger charge is 2.14. The first-order valence-electron chi connectivity index (χ1n) is 6.45. The SMILES string of the molecule is COc1ccccc1C(=O)OCC(=O)Nc1cccc(Cl)c1. The minimum atomic E-state index is -0.626. The molecule has 0 bridgehead atoms. The van der Waals surface area contributed by atoms with E-state index >= 15 is 0 Å². The molecule has 1 N–H and O–H groups in total. The van der Waals surface area contributed by atoms with E-state index in [0.29, 0.717) is 16.5 Å². The fraction of sp³-hybridized carbons (Fsp3) is 0.125. The molecule has 114 valence electrons. The van der Waals surface area contributed by atoms with Crippen LogP contribution in [0.2, 0.25) is 5.02 Å². The number of anilines is 1. The summed E-state index contributed by atoms with van der Waals surface area (Å²) in [6.45, 7) is -0.399. The van der Waals surface area contributed by atoms with Gasteiger partial charge in [0.2, 0.25) is 0 Å². The molecule has 0 saturated heterocycles. The van der Waals surface area contributed by atoms with E-state index in [4.69, 9.17) is 21.1 Å². The number of ether oxygens (including phenoxy) is 2. The highest BCUT2D eigenvalue weighted by Crippen LogP contribution is 2.18. The number of methoxy groups -OCH3 is 1. The Hall–Kier alpha value is -2.53. The Bertz CT molecular complexity index is 687. The number of rotatable bonds is 5. The van der Waals surface area contributed by atoms with Crippen LogP contribution in [-0.2, 0) is 9.53 Å². The Morgan fingerprint density at radius 3 is 2.64 bits per heavy atom. The summed E-state index contributed by atoms with van der Waals surface area (Å²) in [6.07, 6.45) is 0. The van der Waals surface area contributed by atoms with Gasteiger partial charge in [-0.2, -0.15) is 0 Å². The first-order chi connectivity index (χ1) is 10.6. The number of nitrogens with one attached hydrogen (secondary N) is 1. The van der Waals surface area contributed by atoms with Gasteiger partial charge in [0.05, 0.1) is 7.11 Å². The lowest BCUT2D eigenvalue weighted by atomic mass is 10.2. The fourth-order valence-corrected chi connectivity index (χ4v) is 1.98. The van der Waals surface area contributed by atoms with Crippen LogP contribution in [0.5, 0.6) is 5.75 Å². The quantitative estimate of drug-likeness (QED) is 0.860. The van der Waals surface area contributed by atoms with E-state index in [0.717, 1.165) is 0 Å². The second kappa shape index (κ2) is 7.47. The van der Waals surface area contributed by atoms with Gasteiger partial charge < -0.3 is 14.8 Å². The zero-order valence-electron chi connectivity index (χ0n) is 11.8. The van der Waals surface area contributed by atoms with Gasteiger partial charge in [0.1, 0.15) is 11.3 Å². The van der Waals surface area contributed by atoms with Crippen molar-refractivity contribution in [2.24, 2.45) is 0 Å². The normalized spacial score (nSPS) is 9.91. The van der Waals surface area contributed by atoms with Gasteiger partial charge in [-0.15, -0.1) is 0 Å². The highest BCUT2D eigenvalue weighted by atomic mass is 35.5. The van der Waals surface area contributed by atoms with Crippen molar-refractivity contribution in [1.82, 2.24) is 0 Å². The zero-order valence-corrected chi connectivity index (χ0v) is 12.6. The zero-order chi connectivity index (χ0) is 15.9. The molecule has 0 aliphatic carbocycles. The molecular formula is C16H14ClNO4. The molecule has 2 aromatic rings. The van der Waals surface area contributed by atoms with Gasteiger partial charge in [0, 0.05) is 10.7 Å². The summed E-state index contributed by atoms with van der Waals surface area (Å²) >= 11 is 5.82. The van der Waals surface area contributed by atoms with E-state index in [9.17, 15) is 9.59 Å². The molecule has 0 aromatic heterocycles. The molecule has 0 heterocycles. The van der Waals surface area contributed by atoms with Crippen LogP contribution in [0, 0.1) is 0 Å². The van der Waals surface area contributed by atoms with E-state index in [2.05, 4.69) is 5.32 Å². The third-order valence-corrected chi connectivity index (χ3v) is 3.00. The Kier molecular flexibility index (Phi) is 5.38. The van der Waals surface area contributed by atoms with Crippen LogP contribution >= 0.6 is 11.6 Å². The predicted octanol–water partition coefficient (Wildman–Crippen LogP) is 3.14. The maximum atomic E-state index is 11.9. The molecule has 0 aliphatic rings. The van der Waals surface area contributed by atoms with E-state index in [1.54, 1.807) is 48.5 Å². The number of benzene rings is 2. The Morgan fingerprint density at radius 2 is 1.91 bits per heavy atom. The van der Waals surface area contributed by atoms with Crippen LogP contribution in [0.4, 0.5) is 5.69 Å². The number of carbonyl (C=O) groups excluding carboxylic acids is 2. The average Bonchev–Trinajstić information content (AvgIpc) is 2.52. The molecule has 0 atom stereocenters. The molecule has 5 nitrogen and oxygen atoms in total. The summed E-state index contributed by atoms with van der Waals surface area (Å²) in [5, 5.41) is 3.09. The van der Waals surface area contributed by atoms with E-state index in [-0.39, 0.29) is 5.56 Å². The molecule has 22 heavy (non-hydrogen) atoms. The van der Waals surface area contributed by atoms with Crippen molar-refractivity contribution in [3.63, 3.8) is 0 Å². The Balaban J connectivity index is 1.92. The van der Waals surface area contributed by atoms with E-state index in [1.165, 1.54) is 7.11 Å². The smallest absolute Gasteiger partial charge is 0.342 e. The van der Waals surface area contributed by atoms with E-state index in [1.807, 2.05) is 0 Å². The summed E-state index contributed by atoms with van der Waals surface area (Å²) in [6, 6.07) is 13.3. The van der Waals surface area contributed by atoms with E-state index < -0.39 is 18.5 Å². The summed E-state index contributed by atoms with van der Waals surface area (Å²) < 4.78 is 10.0. The summed E-state index contributed by atoms with van der Waals surface area (Å²) in [5.41, 5.74) is 0.798. The van der Waals surface area contributed by atoms with Gasteiger partial charge in [0.15, 0.2) is 6.61 Å². The second-order valence-electron chi connectivity index (χ2n) is 4.33. The molecule has 0 radical (unpaired) electrons. The number of para-hydroxylation sites is 1. The number of hydrogen-bond donors (Lipinski definition) is 1. The van der Waals surface area contributed by atoms with Crippen LogP contribution in [0.1, 0.15) is 10.4 Å². The van der Waals surface area contributed by atoms with Gasteiger partial charge in [0.25, 0.3) is 5.91 Å². The molecule has 0 unspecified atom stereocenters. The van der Waals surface area contributed by atoms with Crippen molar-refractivity contribution in [3.8, 4) is 5.75 Å². The molecule has 0 saturated carbocycles. The van der Waals surface area contributed by atoms with Gasteiger partial charge in [-0.3, -0.25) is 4.79 Å². The van der Waals surface area contributed by atoms with Crippen molar-refractivity contribution in [2.45, 2.75) is 0 Å². The lowest BCUT2D eigenvalue weighted by molar-refractivity contribution is -0.119. The molecular weight excluding hydrogens is 306 g/mol. The maximum Gasteiger partial charge on any atom is 0.342 e. The minimum Gasteiger partial charge on any atom is -0.496 e. The molecule has 2 rings (SSSR count). The van der Waals surface area contributed by atoms with Crippen molar-refractivity contribution < 1.29 is 19.1 Å². The lowest BCUT2D eigenvalue weighted by Crippen LogP contribution is -2.21. The second-order valence-corrected chi connectivity index (χ2v) is 4.77. The molecule has 1 amide bonds. The number of amides is 1. The fourth-order valence-electron chi connectivity index (χ4n) is 1.79. The third-order valence-electron chi connectivity index (χ3n) is 2.77.